The molecule has 0 aliphatic heterocycles. The lowest BCUT2D eigenvalue weighted by Crippen LogP contribution is -2.28. The van der Waals surface area contributed by atoms with E-state index in [0.717, 1.165) is 72.4 Å². The zero-order valence-corrected chi connectivity index (χ0v) is 18.5. The minimum absolute atomic E-state index is 0.158. The Labute approximate surface area is 181 Å². The van der Waals surface area contributed by atoms with Crippen LogP contribution in [0.4, 0.5) is 16.8 Å². The van der Waals surface area contributed by atoms with Gasteiger partial charge in [0.2, 0.25) is 0 Å². The van der Waals surface area contributed by atoms with Crippen molar-refractivity contribution < 1.29 is 5.11 Å². The number of fused-ring (bicyclic) bond motifs is 1. The van der Waals surface area contributed by atoms with E-state index in [0.29, 0.717) is 6.04 Å². The van der Waals surface area contributed by atoms with Gasteiger partial charge < -0.3 is 15.7 Å². The van der Waals surface area contributed by atoms with Gasteiger partial charge in [-0.25, -0.2) is 15.0 Å². The number of aromatic nitrogens is 3. The number of rotatable bonds is 8. The fraction of sp³-hybridized carbons (Fsp3) is 0.500. The van der Waals surface area contributed by atoms with E-state index < -0.39 is 0 Å². The normalized spacial score (nSPS) is 19.3. The molecule has 0 atom stereocenters. The van der Waals surface area contributed by atoms with Crippen LogP contribution in [0.5, 0.6) is 0 Å². The zero-order valence-electron chi connectivity index (χ0n) is 17.6. The Morgan fingerprint density at radius 3 is 2.60 bits per heavy atom. The molecule has 0 bridgehead atoms. The van der Waals surface area contributed by atoms with E-state index in [4.69, 9.17) is 4.98 Å². The highest BCUT2D eigenvalue weighted by Gasteiger charge is 2.20. The van der Waals surface area contributed by atoms with E-state index in [-0.39, 0.29) is 6.10 Å². The molecule has 7 nitrogen and oxygen atoms in total. The SMILES string of the molecule is CCN(CC)Cc1cc(Nc2nc3cccnc3s2)nc(N[C@H]2CC[C@H](O)CC2)c1. The second kappa shape index (κ2) is 9.68. The standard InChI is InChI=1S/C22H30N6OS/c1-3-28(4-2)14-15-12-19(24-16-7-9-17(29)10-8-16)26-20(13-15)27-22-25-18-6-5-11-23-21(18)30-22/h5-6,11-13,16-17,29H,3-4,7-10,14H2,1-2H3,(H2,24,25,26,27)/t16-,17-. The fourth-order valence-electron chi connectivity index (χ4n) is 3.88. The van der Waals surface area contributed by atoms with Crippen LogP contribution >= 0.6 is 11.3 Å². The summed E-state index contributed by atoms with van der Waals surface area (Å²) in [6, 6.07) is 8.47. The molecular formula is C22H30N6OS. The zero-order chi connectivity index (χ0) is 20.9. The Hall–Kier alpha value is -2.29. The number of nitrogens with zero attached hydrogens (tertiary/aromatic N) is 4. The van der Waals surface area contributed by atoms with Crippen molar-refractivity contribution in [3.63, 3.8) is 0 Å². The predicted octanol–water partition coefficient (Wildman–Crippen LogP) is 4.39. The highest BCUT2D eigenvalue weighted by molar-refractivity contribution is 7.21. The van der Waals surface area contributed by atoms with Crippen molar-refractivity contribution in [3.05, 3.63) is 36.0 Å². The molecule has 1 fully saturated rings. The summed E-state index contributed by atoms with van der Waals surface area (Å²) >= 11 is 1.53. The largest absolute Gasteiger partial charge is 0.393 e. The van der Waals surface area contributed by atoms with Crippen LogP contribution in [0.25, 0.3) is 10.3 Å². The second-order valence-electron chi connectivity index (χ2n) is 7.83. The van der Waals surface area contributed by atoms with Gasteiger partial charge in [0.25, 0.3) is 0 Å². The summed E-state index contributed by atoms with van der Waals surface area (Å²) in [5.74, 6) is 1.67. The molecule has 3 N–H and O–H groups in total. The lowest BCUT2D eigenvalue weighted by molar-refractivity contribution is 0.126. The van der Waals surface area contributed by atoms with Crippen molar-refractivity contribution in [1.29, 1.82) is 0 Å². The quantitative estimate of drug-likeness (QED) is 0.492. The molecule has 3 aromatic rings. The lowest BCUT2D eigenvalue weighted by atomic mass is 9.93. The molecule has 1 aliphatic rings. The van der Waals surface area contributed by atoms with Gasteiger partial charge in [-0.2, -0.15) is 0 Å². The van der Waals surface area contributed by atoms with Gasteiger partial charge >= 0.3 is 0 Å². The molecule has 3 heterocycles. The third-order valence-corrected chi connectivity index (χ3v) is 6.53. The summed E-state index contributed by atoms with van der Waals surface area (Å²) in [6.07, 6.45) is 5.26. The summed E-state index contributed by atoms with van der Waals surface area (Å²) in [5.41, 5.74) is 2.11. The van der Waals surface area contributed by atoms with Crippen LogP contribution in [0.3, 0.4) is 0 Å². The third kappa shape index (κ3) is 5.24. The number of aliphatic hydroxyl groups excluding tert-OH is 1. The van der Waals surface area contributed by atoms with Gasteiger partial charge in [-0.3, -0.25) is 4.90 Å². The smallest absolute Gasteiger partial charge is 0.190 e. The number of nitrogens with one attached hydrogen (secondary N) is 2. The lowest BCUT2D eigenvalue weighted by Gasteiger charge is -2.27. The minimum atomic E-state index is -0.158. The van der Waals surface area contributed by atoms with Gasteiger partial charge in [-0.15, -0.1) is 0 Å². The summed E-state index contributed by atoms with van der Waals surface area (Å²) in [6.45, 7) is 7.27. The van der Waals surface area contributed by atoms with Crippen molar-refractivity contribution in [2.75, 3.05) is 23.7 Å². The van der Waals surface area contributed by atoms with E-state index in [9.17, 15) is 5.11 Å². The number of hydrogen-bond acceptors (Lipinski definition) is 8. The van der Waals surface area contributed by atoms with Crippen molar-refractivity contribution in [2.24, 2.45) is 0 Å². The Bertz CT molecular complexity index is 932. The van der Waals surface area contributed by atoms with Gasteiger partial charge in [0.1, 0.15) is 22.0 Å². The van der Waals surface area contributed by atoms with Crippen LogP contribution in [-0.4, -0.2) is 50.2 Å². The molecule has 1 aliphatic carbocycles. The van der Waals surface area contributed by atoms with E-state index in [2.05, 4.69) is 51.5 Å². The van der Waals surface area contributed by atoms with Crippen LogP contribution in [0.2, 0.25) is 0 Å². The van der Waals surface area contributed by atoms with Crippen molar-refractivity contribution in [3.8, 4) is 0 Å². The molecule has 0 amide bonds. The van der Waals surface area contributed by atoms with Crippen LogP contribution in [0, 0.1) is 0 Å². The maximum atomic E-state index is 9.79. The molecule has 8 heteroatoms. The van der Waals surface area contributed by atoms with Gasteiger partial charge in [-0.05, 0) is 68.6 Å². The summed E-state index contributed by atoms with van der Waals surface area (Å²) < 4.78 is 0. The first-order valence-electron chi connectivity index (χ1n) is 10.8. The first-order valence-corrected chi connectivity index (χ1v) is 11.6. The number of pyridine rings is 2. The van der Waals surface area contributed by atoms with Crippen molar-refractivity contribution in [1.82, 2.24) is 19.9 Å². The summed E-state index contributed by atoms with van der Waals surface area (Å²) in [7, 11) is 0. The van der Waals surface area contributed by atoms with E-state index in [1.165, 1.54) is 16.9 Å². The Morgan fingerprint density at radius 2 is 1.87 bits per heavy atom. The maximum absolute atomic E-state index is 9.79. The van der Waals surface area contributed by atoms with Crippen LogP contribution in [0.15, 0.2) is 30.5 Å². The first kappa shape index (κ1) is 21.0. The molecule has 0 unspecified atom stereocenters. The number of aliphatic hydroxyl groups is 1. The summed E-state index contributed by atoms with van der Waals surface area (Å²) in [5, 5.41) is 17.6. The second-order valence-corrected chi connectivity index (χ2v) is 8.81. The van der Waals surface area contributed by atoms with Gasteiger partial charge in [0, 0.05) is 18.8 Å². The molecule has 0 radical (unpaired) electrons. The maximum Gasteiger partial charge on any atom is 0.190 e. The van der Waals surface area contributed by atoms with Crippen molar-refractivity contribution >= 4 is 38.5 Å². The van der Waals surface area contributed by atoms with Crippen LogP contribution in [-0.2, 0) is 6.54 Å². The van der Waals surface area contributed by atoms with E-state index in [1.807, 2.05) is 12.1 Å². The highest BCUT2D eigenvalue weighted by Crippen LogP contribution is 2.28. The number of thiazole rings is 1. The molecule has 4 rings (SSSR count). The molecule has 0 spiro atoms. The average Bonchev–Trinajstić information content (AvgIpc) is 3.15. The highest BCUT2D eigenvalue weighted by atomic mass is 32.1. The Morgan fingerprint density at radius 1 is 1.10 bits per heavy atom. The third-order valence-electron chi connectivity index (χ3n) is 5.64. The summed E-state index contributed by atoms with van der Waals surface area (Å²) in [4.78, 5) is 17.1. The number of anilines is 3. The van der Waals surface area contributed by atoms with E-state index >= 15 is 0 Å². The first-order chi connectivity index (χ1) is 14.6. The Kier molecular flexibility index (Phi) is 6.76. The fourth-order valence-corrected chi connectivity index (χ4v) is 4.70. The van der Waals surface area contributed by atoms with E-state index in [1.54, 1.807) is 6.20 Å². The molecule has 3 aromatic heterocycles. The van der Waals surface area contributed by atoms with Gasteiger partial charge in [-0.1, -0.05) is 25.2 Å². The topological polar surface area (TPSA) is 86.2 Å². The van der Waals surface area contributed by atoms with Gasteiger partial charge in [0.05, 0.1) is 6.10 Å². The number of hydrogen-bond donors (Lipinski definition) is 3. The molecule has 1 saturated carbocycles. The molecule has 160 valence electrons. The molecule has 0 saturated heterocycles. The monoisotopic (exact) mass is 426 g/mol. The molecule has 30 heavy (non-hydrogen) atoms. The molecule has 0 aromatic carbocycles. The average molecular weight is 427 g/mol. The Balaban J connectivity index is 1.57. The molecular weight excluding hydrogens is 396 g/mol. The van der Waals surface area contributed by atoms with Crippen LogP contribution < -0.4 is 10.6 Å². The van der Waals surface area contributed by atoms with Gasteiger partial charge in [0.15, 0.2) is 5.13 Å². The predicted molar refractivity (Wildman–Crippen MR) is 123 cm³/mol. The minimum Gasteiger partial charge on any atom is -0.393 e. The van der Waals surface area contributed by atoms with Crippen molar-refractivity contribution in [2.45, 2.75) is 58.2 Å². The van der Waals surface area contributed by atoms with Crippen LogP contribution in [0.1, 0.15) is 45.1 Å².